The van der Waals surface area contributed by atoms with E-state index >= 15 is 0 Å². The SMILES string of the molecule is CCc1ccc(-c2csc(NC(=O)c3ccc(Cn4cncn4)cc3)n2)cc1. The number of aryl methyl sites for hydroxylation is 1. The third-order valence-corrected chi connectivity index (χ3v) is 5.17. The van der Waals surface area contributed by atoms with Crippen LogP contribution >= 0.6 is 11.3 Å². The van der Waals surface area contributed by atoms with Crippen LogP contribution in [0.15, 0.2) is 66.6 Å². The molecule has 4 rings (SSSR count). The van der Waals surface area contributed by atoms with Gasteiger partial charge < -0.3 is 0 Å². The van der Waals surface area contributed by atoms with E-state index in [2.05, 4.69) is 51.6 Å². The van der Waals surface area contributed by atoms with Gasteiger partial charge in [0.1, 0.15) is 12.7 Å². The van der Waals surface area contributed by atoms with E-state index in [0.717, 1.165) is 23.2 Å². The molecule has 0 aliphatic heterocycles. The second kappa shape index (κ2) is 8.14. The van der Waals surface area contributed by atoms with Crippen LogP contribution in [0, 0.1) is 0 Å². The highest BCUT2D eigenvalue weighted by Crippen LogP contribution is 2.25. The maximum atomic E-state index is 12.5. The Labute approximate surface area is 166 Å². The Morgan fingerprint density at radius 3 is 2.50 bits per heavy atom. The van der Waals surface area contributed by atoms with E-state index in [1.807, 2.05) is 17.5 Å². The number of benzene rings is 2. The van der Waals surface area contributed by atoms with Crippen molar-refractivity contribution in [1.29, 1.82) is 0 Å². The van der Waals surface area contributed by atoms with Crippen LogP contribution in [0.25, 0.3) is 11.3 Å². The molecule has 0 fully saturated rings. The first-order valence-electron chi connectivity index (χ1n) is 8.99. The van der Waals surface area contributed by atoms with Crippen molar-refractivity contribution < 1.29 is 4.79 Å². The van der Waals surface area contributed by atoms with Crippen molar-refractivity contribution in [2.75, 3.05) is 5.32 Å². The Balaban J connectivity index is 1.41. The fourth-order valence-electron chi connectivity index (χ4n) is 2.81. The number of amides is 1. The Hall–Kier alpha value is -3.32. The molecule has 0 saturated carbocycles. The zero-order valence-corrected chi connectivity index (χ0v) is 16.2. The lowest BCUT2D eigenvalue weighted by atomic mass is 10.1. The molecule has 0 radical (unpaired) electrons. The van der Waals surface area contributed by atoms with Gasteiger partial charge in [-0.3, -0.25) is 10.1 Å². The molecule has 2 heterocycles. The van der Waals surface area contributed by atoms with Crippen LogP contribution in [-0.2, 0) is 13.0 Å². The second-order valence-corrected chi connectivity index (χ2v) is 7.19. The average Bonchev–Trinajstić information content (AvgIpc) is 3.41. The van der Waals surface area contributed by atoms with Gasteiger partial charge in [0, 0.05) is 16.5 Å². The first kappa shape index (κ1) is 18.1. The molecule has 0 atom stereocenters. The highest BCUT2D eigenvalue weighted by molar-refractivity contribution is 7.14. The molecule has 0 aliphatic rings. The van der Waals surface area contributed by atoms with Crippen LogP contribution in [0.4, 0.5) is 5.13 Å². The number of thiazole rings is 1. The molecule has 4 aromatic rings. The molecule has 1 amide bonds. The van der Waals surface area contributed by atoms with Gasteiger partial charge in [-0.05, 0) is 29.7 Å². The zero-order chi connectivity index (χ0) is 19.3. The quantitative estimate of drug-likeness (QED) is 0.535. The van der Waals surface area contributed by atoms with Crippen LogP contribution in [0.2, 0.25) is 0 Å². The van der Waals surface area contributed by atoms with E-state index in [4.69, 9.17) is 0 Å². The maximum Gasteiger partial charge on any atom is 0.257 e. The summed E-state index contributed by atoms with van der Waals surface area (Å²) in [6.07, 6.45) is 4.18. The van der Waals surface area contributed by atoms with Gasteiger partial charge in [-0.2, -0.15) is 5.10 Å². The van der Waals surface area contributed by atoms with E-state index in [9.17, 15) is 4.79 Å². The molecule has 140 valence electrons. The van der Waals surface area contributed by atoms with E-state index in [-0.39, 0.29) is 5.91 Å². The van der Waals surface area contributed by atoms with Gasteiger partial charge in [-0.15, -0.1) is 11.3 Å². The van der Waals surface area contributed by atoms with E-state index in [1.165, 1.54) is 23.2 Å². The minimum atomic E-state index is -0.172. The van der Waals surface area contributed by atoms with Crippen molar-refractivity contribution in [2.24, 2.45) is 0 Å². The number of hydrogen-bond donors (Lipinski definition) is 1. The van der Waals surface area contributed by atoms with Gasteiger partial charge in [0.25, 0.3) is 5.91 Å². The standard InChI is InChI=1S/C21H19N5OS/c1-2-15-3-7-17(8-4-15)19-12-28-21(24-19)25-20(27)18-9-5-16(6-10-18)11-26-14-22-13-23-26/h3-10,12-14H,2,11H2,1H3,(H,24,25,27). The van der Waals surface area contributed by atoms with E-state index in [1.54, 1.807) is 23.1 Å². The van der Waals surface area contributed by atoms with Gasteiger partial charge >= 0.3 is 0 Å². The smallest absolute Gasteiger partial charge is 0.257 e. The van der Waals surface area contributed by atoms with E-state index in [0.29, 0.717) is 17.2 Å². The third-order valence-electron chi connectivity index (χ3n) is 4.41. The number of carbonyl (C=O) groups excluding carboxylic acids is 1. The molecule has 2 aromatic carbocycles. The van der Waals surface area contributed by atoms with Crippen LogP contribution in [0.5, 0.6) is 0 Å². The number of carbonyl (C=O) groups is 1. The summed E-state index contributed by atoms with van der Waals surface area (Å²) < 4.78 is 1.74. The topological polar surface area (TPSA) is 72.7 Å². The Morgan fingerprint density at radius 1 is 1.07 bits per heavy atom. The van der Waals surface area contributed by atoms with Crippen LogP contribution in [0.1, 0.15) is 28.4 Å². The summed E-state index contributed by atoms with van der Waals surface area (Å²) in [7, 11) is 0. The van der Waals surface area contributed by atoms with Gasteiger partial charge in [-0.1, -0.05) is 43.3 Å². The monoisotopic (exact) mass is 389 g/mol. The molecule has 0 unspecified atom stereocenters. The molecule has 0 spiro atoms. The van der Waals surface area contributed by atoms with Gasteiger partial charge in [0.15, 0.2) is 5.13 Å². The molecule has 0 saturated heterocycles. The molecule has 0 bridgehead atoms. The number of nitrogens with one attached hydrogen (secondary N) is 1. The van der Waals surface area contributed by atoms with Crippen LogP contribution < -0.4 is 5.32 Å². The van der Waals surface area contributed by atoms with Crippen LogP contribution in [0.3, 0.4) is 0 Å². The van der Waals surface area contributed by atoms with Crippen LogP contribution in [-0.4, -0.2) is 25.7 Å². The van der Waals surface area contributed by atoms with Crippen molar-refractivity contribution in [3.8, 4) is 11.3 Å². The zero-order valence-electron chi connectivity index (χ0n) is 15.4. The highest BCUT2D eigenvalue weighted by atomic mass is 32.1. The lowest BCUT2D eigenvalue weighted by Gasteiger charge is -2.04. The predicted octanol–water partition coefficient (Wildman–Crippen LogP) is 4.26. The Kier molecular flexibility index (Phi) is 5.25. The number of nitrogens with zero attached hydrogens (tertiary/aromatic N) is 4. The molecular weight excluding hydrogens is 370 g/mol. The van der Waals surface area contributed by atoms with Gasteiger partial charge in [0.2, 0.25) is 0 Å². The van der Waals surface area contributed by atoms with Gasteiger partial charge in [-0.25, -0.2) is 14.6 Å². The molecule has 6 nitrogen and oxygen atoms in total. The Morgan fingerprint density at radius 2 is 1.82 bits per heavy atom. The highest BCUT2D eigenvalue weighted by Gasteiger charge is 2.10. The summed E-state index contributed by atoms with van der Waals surface area (Å²) in [5, 5.41) is 9.50. The number of anilines is 1. The summed E-state index contributed by atoms with van der Waals surface area (Å²) >= 11 is 1.42. The van der Waals surface area contributed by atoms with E-state index < -0.39 is 0 Å². The average molecular weight is 389 g/mol. The second-order valence-electron chi connectivity index (χ2n) is 6.33. The molecule has 28 heavy (non-hydrogen) atoms. The lowest BCUT2D eigenvalue weighted by molar-refractivity contribution is 0.102. The van der Waals surface area contributed by atoms with Crippen molar-refractivity contribution >= 4 is 22.4 Å². The van der Waals surface area contributed by atoms with Crippen molar-refractivity contribution in [3.63, 3.8) is 0 Å². The molecule has 2 aromatic heterocycles. The van der Waals surface area contributed by atoms with Crippen molar-refractivity contribution in [3.05, 3.63) is 83.3 Å². The number of rotatable bonds is 6. The van der Waals surface area contributed by atoms with Crippen molar-refractivity contribution in [2.45, 2.75) is 19.9 Å². The summed E-state index contributed by atoms with van der Waals surface area (Å²) in [6.45, 7) is 2.75. The number of aromatic nitrogens is 4. The third kappa shape index (κ3) is 4.15. The molecule has 7 heteroatoms. The first-order valence-corrected chi connectivity index (χ1v) is 9.87. The van der Waals surface area contributed by atoms with Gasteiger partial charge in [0.05, 0.1) is 12.2 Å². The minimum Gasteiger partial charge on any atom is -0.298 e. The summed E-state index contributed by atoms with van der Waals surface area (Å²) in [5.41, 5.74) is 4.85. The maximum absolute atomic E-state index is 12.5. The number of hydrogen-bond acceptors (Lipinski definition) is 5. The molecular formula is C21H19N5OS. The summed E-state index contributed by atoms with van der Waals surface area (Å²) in [5.74, 6) is -0.172. The largest absolute Gasteiger partial charge is 0.298 e. The van der Waals surface area contributed by atoms with Crippen molar-refractivity contribution in [1.82, 2.24) is 19.7 Å². The summed E-state index contributed by atoms with van der Waals surface area (Å²) in [6, 6.07) is 15.8. The predicted molar refractivity (Wildman–Crippen MR) is 110 cm³/mol. The summed E-state index contributed by atoms with van der Waals surface area (Å²) in [4.78, 5) is 21.0. The molecule has 1 N–H and O–H groups in total. The normalized spacial score (nSPS) is 10.8. The fraction of sp³-hybridized carbons (Fsp3) is 0.143. The lowest BCUT2D eigenvalue weighted by Crippen LogP contribution is -2.11. The Bertz CT molecular complexity index is 1050. The fourth-order valence-corrected chi connectivity index (χ4v) is 3.52. The first-order chi connectivity index (χ1) is 13.7. The molecule has 0 aliphatic carbocycles. The minimum absolute atomic E-state index is 0.172.